The van der Waals surface area contributed by atoms with Crippen molar-refractivity contribution in [2.24, 2.45) is 0 Å². The molecule has 0 aliphatic heterocycles. The minimum Gasteiger partial charge on any atom is -0.274 e. The van der Waals surface area contributed by atoms with Gasteiger partial charge in [-0.1, -0.05) is 0 Å². The molecule has 0 bridgehead atoms. The Labute approximate surface area is 30.2 Å². The van der Waals surface area contributed by atoms with E-state index in [2.05, 4.69) is 0 Å². The first kappa shape index (κ1) is 8.98. The van der Waals surface area contributed by atoms with Crippen molar-refractivity contribution in [2.45, 2.75) is 0 Å². The van der Waals surface area contributed by atoms with E-state index in [1.165, 1.54) is 0 Å². The van der Waals surface area contributed by atoms with Gasteiger partial charge in [0.2, 0.25) is 0 Å². The molecular formula is O2Si2. The van der Waals surface area contributed by atoms with Crippen LogP contribution in [0, 0.1) is 0 Å². The lowest BCUT2D eigenvalue weighted by molar-refractivity contribution is 0.497. The summed E-state index contributed by atoms with van der Waals surface area (Å²) in [5.74, 6) is 0. The Morgan fingerprint density at radius 1 is 1.25 bits per heavy atom. The molecule has 0 saturated carbocycles. The number of hydrogen-bond acceptors (Lipinski definition) is 2. The van der Waals surface area contributed by atoms with Crippen LogP contribution >= 0.6 is 0 Å². The molecule has 0 unspecified atom stereocenters. The van der Waals surface area contributed by atoms with Crippen molar-refractivity contribution in [2.75, 3.05) is 0 Å². The van der Waals surface area contributed by atoms with Crippen LogP contribution < -0.4 is 0 Å². The van der Waals surface area contributed by atoms with Gasteiger partial charge >= 0.3 is 9.29 Å². The van der Waals surface area contributed by atoms with E-state index in [9.17, 15) is 0 Å². The van der Waals surface area contributed by atoms with Gasteiger partial charge in [0.1, 0.15) is 0 Å². The highest BCUT2D eigenvalue weighted by Gasteiger charge is 1.22. The lowest BCUT2D eigenvalue weighted by Gasteiger charge is -0.944. The summed E-state index contributed by atoms with van der Waals surface area (Å²) in [4.78, 5) is 0. The van der Waals surface area contributed by atoms with Crippen LogP contribution in [0.15, 0.2) is 0 Å². The molecule has 0 aliphatic rings. The van der Waals surface area contributed by atoms with E-state index in [1.54, 1.807) is 0 Å². The van der Waals surface area contributed by atoms with Gasteiger partial charge in [0.25, 0.3) is 0 Å². The van der Waals surface area contributed by atoms with Gasteiger partial charge in [-0.25, -0.2) is 0 Å². The van der Waals surface area contributed by atoms with Gasteiger partial charge < -0.3 is 0 Å². The van der Waals surface area contributed by atoms with Crippen molar-refractivity contribution < 1.29 is 8.92 Å². The summed E-state index contributed by atoms with van der Waals surface area (Å²) in [5, 5.41) is 0. The average molecular weight is 88.2 g/mol. The second-order valence-electron chi connectivity index (χ2n) is 0.0833. The summed E-state index contributed by atoms with van der Waals surface area (Å²) in [6, 6.07) is 0. The largest absolute Gasteiger partial charge is 0.549 e. The van der Waals surface area contributed by atoms with Crippen LogP contribution in [0.1, 0.15) is 0 Å². The highest BCUT2D eigenvalue weighted by molar-refractivity contribution is 5.94. The van der Waals surface area contributed by atoms with Gasteiger partial charge in [-0.05, 0) is 0 Å². The van der Waals surface area contributed by atoms with Crippen LogP contribution in [-0.4, -0.2) is 20.3 Å². The summed E-state index contributed by atoms with van der Waals surface area (Å²) in [6.45, 7) is 0. The Hall–Kier alpha value is 0.0338. The molecule has 0 rings (SSSR count). The zero-order valence-electron chi connectivity index (χ0n) is 1.82. The van der Waals surface area contributed by atoms with Crippen molar-refractivity contribution in [1.82, 2.24) is 0 Å². The molecule has 0 amide bonds. The smallest absolute Gasteiger partial charge is 0.274 e. The molecule has 0 aromatic carbocycles. The summed E-state index contributed by atoms with van der Waals surface area (Å²) in [5.41, 5.74) is 0. The third-order valence-corrected chi connectivity index (χ3v) is 0. The van der Waals surface area contributed by atoms with Gasteiger partial charge in [-0.2, -0.15) is 0 Å². The predicted octanol–water partition coefficient (Wildman–Crippen LogP) is -0.999. The van der Waals surface area contributed by atoms with Crippen molar-refractivity contribution >= 4 is 20.3 Å². The molecule has 0 aliphatic carbocycles. The summed E-state index contributed by atoms with van der Waals surface area (Å²) < 4.78 is 16.8. The molecule has 20 valence electrons. The molecule has 4 heteroatoms. The second kappa shape index (κ2) is 11.7. The number of hydrogen-bond donors (Lipinski definition) is 0. The maximum absolute atomic E-state index is 8.40. The van der Waals surface area contributed by atoms with E-state index < -0.39 is 9.29 Å². The first-order chi connectivity index (χ1) is 1.41. The van der Waals surface area contributed by atoms with E-state index in [-0.39, 0.29) is 11.0 Å². The third-order valence-electron chi connectivity index (χ3n) is 0. The maximum atomic E-state index is 8.40. The maximum Gasteiger partial charge on any atom is 0.549 e. The monoisotopic (exact) mass is 87.9 g/mol. The lowest BCUT2D eigenvalue weighted by atomic mass is 15.9. The molecular weight excluding hydrogens is 88.2 g/mol. The Kier molecular flexibility index (Phi) is 26.3. The Bertz CT molecular complexity index is 25.0. The SMILES string of the molecule is O=[Si]=O.[Si]. The van der Waals surface area contributed by atoms with Gasteiger partial charge in [0.15, 0.2) is 0 Å². The Morgan fingerprint density at radius 3 is 1.25 bits per heavy atom. The fraction of sp³-hybridized carbons (Fsp3) is 0. The lowest BCUT2D eigenvalue weighted by Crippen LogP contribution is -1.26. The standard InChI is InChI=1S/O2Si.Si/c1-3-2;. The van der Waals surface area contributed by atoms with Crippen molar-refractivity contribution in [3.8, 4) is 0 Å². The molecule has 0 N–H and O–H groups in total. The molecule has 0 saturated heterocycles. The zero-order chi connectivity index (χ0) is 2.71. The van der Waals surface area contributed by atoms with E-state index in [1.807, 2.05) is 0 Å². The molecule has 0 aromatic rings. The van der Waals surface area contributed by atoms with Crippen LogP contribution in [0.2, 0.25) is 0 Å². The zero-order valence-corrected chi connectivity index (χ0v) is 3.82. The molecule has 0 fully saturated rings. The Balaban J connectivity index is 0. The Morgan fingerprint density at radius 2 is 1.25 bits per heavy atom. The van der Waals surface area contributed by atoms with Crippen molar-refractivity contribution in [3.05, 3.63) is 0 Å². The first-order valence-electron chi connectivity index (χ1n) is 0.408. The number of rotatable bonds is 0. The third kappa shape index (κ3) is 1910. The summed E-state index contributed by atoms with van der Waals surface area (Å²) in [7, 11) is -1.42. The van der Waals surface area contributed by atoms with Crippen LogP contribution in [0.3, 0.4) is 0 Å². The summed E-state index contributed by atoms with van der Waals surface area (Å²) in [6.07, 6.45) is 0. The van der Waals surface area contributed by atoms with Crippen LogP contribution in [0.25, 0.3) is 0 Å². The van der Waals surface area contributed by atoms with Crippen LogP contribution in [-0.2, 0) is 8.92 Å². The first-order valence-corrected chi connectivity index (χ1v) is 1.22. The van der Waals surface area contributed by atoms with Gasteiger partial charge in [0, 0.05) is 11.0 Å². The van der Waals surface area contributed by atoms with Gasteiger partial charge in [-0.3, -0.25) is 8.92 Å². The second-order valence-corrected chi connectivity index (χ2v) is 0.250. The van der Waals surface area contributed by atoms with E-state index >= 15 is 0 Å². The van der Waals surface area contributed by atoms with Crippen LogP contribution in [0.4, 0.5) is 0 Å². The minimum absolute atomic E-state index is 0. The molecule has 4 heavy (non-hydrogen) atoms. The molecule has 0 spiro atoms. The fourth-order valence-corrected chi connectivity index (χ4v) is 0. The highest BCUT2D eigenvalue weighted by Crippen LogP contribution is 0.759. The van der Waals surface area contributed by atoms with E-state index in [0.29, 0.717) is 0 Å². The normalized spacial score (nSPS) is 2.00. The fourth-order valence-electron chi connectivity index (χ4n) is 0. The molecule has 0 aromatic heterocycles. The minimum atomic E-state index is -1.42. The topological polar surface area (TPSA) is 34.1 Å². The quantitative estimate of drug-likeness (QED) is 0.356. The molecule has 0 atom stereocenters. The molecule has 0 heterocycles. The van der Waals surface area contributed by atoms with E-state index in [4.69, 9.17) is 8.92 Å². The average Bonchev–Trinajstić information content (AvgIpc) is 0.918. The van der Waals surface area contributed by atoms with Crippen molar-refractivity contribution in [3.63, 3.8) is 0 Å². The molecule has 2 nitrogen and oxygen atoms in total. The van der Waals surface area contributed by atoms with Gasteiger partial charge in [-0.15, -0.1) is 0 Å². The predicted molar refractivity (Wildman–Crippen MR) is 12.9 cm³/mol. The van der Waals surface area contributed by atoms with E-state index in [0.717, 1.165) is 0 Å². The van der Waals surface area contributed by atoms with Crippen molar-refractivity contribution in [1.29, 1.82) is 0 Å². The van der Waals surface area contributed by atoms with Gasteiger partial charge in [0.05, 0.1) is 0 Å². The summed E-state index contributed by atoms with van der Waals surface area (Å²) >= 11 is 0. The molecule has 4 radical (unpaired) electrons. The highest BCUT2D eigenvalue weighted by atomic mass is 28.2. The van der Waals surface area contributed by atoms with Crippen LogP contribution in [0.5, 0.6) is 0 Å².